The standard InChI is InChI=1S/C14H17N3O3/c1-9(16-19)10-5-6-12-11(15-10)7-8-17(12)13(18)20-14(2,3)4/h5-8,19H,1-4H3. The molecule has 0 unspecified atom stereocenters. The van der Waals surface area contributed by atoms with E-state index in [4.69, 9.17) is 9.94 Å². The molecule has 0 amide bonds. The Morgan fingerprint density at radius 1 is 1.35 bits per heavy atom. The lowest BCUT2D eigenvalue weighted by Crippen LogP contribution is -2.26. The van der Waals surface area contributed by atoms with Gasteiger partial charge >= 0.3 is 6.09 Å². The molecule has 0 saturated carbocycles. The minimum absolute atomic E-state index is 0.414. The number of hydrogen-bond acceptors (Lipinski definition) is 5. The Kier molecular flexibility index (Phi) is 3.48. The summed E-state index contributed by atoms with van der Waals surface area (Å²) < 4.78 is 6.73. The smallest absolute Gasteiger partial charge is 0.419 e. The molecule has 0 spiro atoms. The molecule has 106 valence electrons. The Morgan fingerprint density at radius 2 is 2.05 bits per heavy atom. The molecule has 6 nitrogen and oxygen atoms in total. The summed E-state index contributed by atoms with van der Waals surface area (Å²) in [7, 11) is 0. The first kappa shape index (κ1) is 14.0. The van der Waals surface area contributed by atoms with Gasteiger partial charge in [-0.05, 0) is 45.9 Å². The van der Waals surface area contributed by atoms with Crippen LogP contribution in [0.15, 0.2) is 29.6 Å². The molecule has 0 saturated heterocycles. The van der Waals surface area contributed by atoms with Crippen molar-refractivity contribution in [3.63, 3.8) is 0 Å². The second kappa shape index (κ2) is 4.96. The summed E-state index contributed by atoms with van der Waals surface area (Å²) in [6, 6.07) is 5.15. The molecule has 0 aromatic carbocycles. The van der Waals surface area contributed by atoms with Gasteiger partial charge in [0.25, 0.3) is 0 Å². The molecule has 0 radical (unpaired) electrons. The highest BCUT2D eigenvalue weighted by Crippen LogP contribution is 2.17. The van der Waals surface area contributed by atoms with E-state index in [2.05, 4.69) is 10.1 Å². The Morgan fingerprint density at radius 3 is 2.65 bits per heavy atom. The van der Waals surface area contributed by atoms with Crippen LogP contribution in [0.1, 0.15) is 33.4 Å². The van der Waals surface area contributed by atoms with Crippen LogP contribution in [0.3, 0.4) is 0 Å². The predicted molar refractivity (Wildman–Crippen MR) is 75.4 cm³/mol. The normalized spacial score (nSPS) is 12.7. The van der Waals surface area contributed by atoms with E-state index >= 15 is 0 Å². The number of nitrogens with zero attached hydrogens (tertiary/aromatic N) is 3. The van der Waals surface area contributed by atoms with Crippen LogP contribution in [0.25, 0.3) is 11.0 Å². The highest BCUT2D eigenvalue weighted by Gasteiger charge is 2.19. The number of rotatable bonds is 1. The van der Waals surface area contributed by atoms with Gasteiger partial charge in [-0.15, -0.1) is 0 Å². The lowest BCUT2D eigenvalue weighted by Gasteiger charge is -2.19. The van der Waals surface area contributed by atoms with Crippen molar-refractivity contribution < 1.29 is 14.7 Å². The predicted octanol–water partition coefficient (Wildman–Crippen LogP) is 3.02. The van der Waals surface area contributed by atoms with Gasteiger partial charge in [-0.2, -0.15) is 0 Å². The highest BCUT2D eigenvalue weighted by molar-refractivity contribution is 5.98. The first-order valence-corrected chi connectivity index (χ1v) is 6.22. The van der Waals surface area contributed by atoms with E-state index in [1.54, 1.807) is 31.3 Å². The number of hydrogen-bond donors (Lipinski definition) is 1. The van der Waals surface area contributed by atoms with Crippen molar-refractivity contribution in [2.75, 3.05) is 0 Å². The fourth-order valence-electron chi connectivity index (χ4n) is 1.74. The van der Waals surface area contributed by atoms with Crippen molar-refractivity contribution in [3.05, 3.63) is 30.1 Å². The van der Waals surface area contributed by atoms with Gasteiger partial charge in [0.2, 0.25) is 0 Å². The summed E-state index contributed by atoms with van der Waals surface area (Å²) >= 11 is 0. The zero-order chi connectivity index (χ0) is 14.9. The van der Waals surface area contributed by atoms with Gasteiger partial charge in [0.05, 0.1) is 16.7 Å². The maximum atomic E-state index is 12.1. The summed E-state index contributed by atoms with van der Waals surface area (Å²) in [6.07, 6.45) is 1.16. The van der Waals surface area contributed by atoms with E-state index in [1.807, 2.05) is 20.8 Å². The largest absolute Gasteiger partial charge is 0.443 e. The molecule has 6 heteroatoms. The van der Waals surface area contributed by atoms with Crippen LogP contribution in [0.4, 0.5) is 4.79 Å². The minimum Gasteiger partial charge on any atom is -0.443 e. The van der Waals surface area contributed by atoms with E-state index < -0.39 is 11.7 Å². The quantitative estimate of drug-likeness (QED) is 0.493. The third-order valence-corrected chi connectivity index (χ3v) is 2.65. The molecule has 0 aliphatic heterocycles. The Balaban J connectivity index is 2.41. The monoisotopic (exact) mass is 275 g/mol. The van der Waals surface area contributed by atoms with Gasteiger partial charge in [0.15, 0.2) is 0 Å². The van der Waals surface area contributed by atoms with E-state index in [0.29, 0.717) is 22.4 Å². The number of carbonyl (C=O) groups is 1. The van der Waals surface area contributed by atoms with Crippen LogP contribution in [0.5, 0.6) is 0 Å². The first-order chi connectivity index (χ1) is 9.31. The van der Waals surface area contributed by atoms with Gasteiger partial charge in [-0.1, -0.05) is 5.16 Å². The SMILES string of the molecule is CC(=NO)c1ccc2c(ccn2C(=O)OC(C)(C)C)n1. The van der Waals surface area contributed by atoms with Crippen molar-refractivity contribution in [3.8, 4) is 0 Å². The zero-order valence-electron chi connectivity index (χ0n) is 11.9. The second-order valence-electron chi connectivity index (χ2n) is 5.45. The van der Waals surface area contributed by atoms with Crippen LogP contribution in [-0.2, 0) is 4.74 Å². The first-order valence-electron chi connectivity index (χ1n) is 6.22. The van der Waals surface area contributed by atoms with E-state index in [0.717, 1.165) is 0 Å². The lowest BCUT2D eigenvalue weighted by atomic mass is 10.2. The average molecular weight is 275 g/mol. The molecule has 0 atom stereocenters. The summed E-state index contributed by atoms with van der Waals surface area (Å²) in [5.74, 6) is 0. The zero-order valence-corrected chi connectivity index (χ0v) is 11.9. The second-order valence-corrected chi connectivity index (χ2v) is 5.45. The molecule has 1 N–H and O–H groups in total. The van der Waals surface area contributed by atoms with Crippen molar-refractivity contribution in [1.29, 1.82) is 0 Å². The topological polar surface area (TPSA) is 76.7 Å². The Hall–Kier alpha value is -2.37. The number of carbonyl (C=O) groups excluding carboxylic acids is 1. The van der Waals surface area contributed by atoms with Crippen molar-refractivity contribution in [1.82, 2.24) is 9.55 Å². The molecule has 2 rings (SSSR count). The summed E-state index contributed by atoms with van der Waals surface area (Å²) in [6.45, 7) is 7.09. The van der Waals surface area contributed by atoms with Gasteiger partial charge in [0, 0.05) is 6.20 Å². The molecule has 0 aliphatic carbocycles. The van der Waals surface area contributed by atoms with Crippen molar-refractivity contribution >= 4 is 22.8 Å². The molecule has 0 fully saturated rings. The van der Waals surface area contributed by atoms with Crippen molar-refractivity contribution in [2.24, 2.45) is 5.16 Å². The third kappa shape index (κ3) is 2.79. The maximum Gasteiger partial charge on any atom is 0.419 e. The Labute approximate surface area is 116 Å². The van der Waals surface area contributed by atoms with Crippen LogP contribution in [0.2, 0.25) is 0 Å². The minimum atomic E-state index is -0.554. The summed E-state index contributed by atoms with van der Waals surface area (Å²) in [4.78, 5) is 16.4. The van der Waals surface area contributed by atoms with Crippen LogP contribution >= 0.6 is 0 Å². The number of fused-ring (bicyclic) bond motifs is 1. The molecule has 20 heavy (non-hydrogen) atoms. The molecule has 0 bridgehead atoms. The molecule has 2 aromatic rings. The summed E-state index contributed by atoms with van der Waals surface area (Å²) in [5, 5.41) is 11.9. The van der Waals surface area contributed by atoms with E-state index in [9.17, 15) is 4.79 Å². The number of pyridine rings is 1. The van der Waals surface area contributed by atoms with Crippen LogP contribution < -0.4 is 0 Å². The lowest BCUT2D eigenvalue weighted by molar-refractivity contribution is 0.0544. The highest BCUT2D eigenvalue weighted by atomic mass is 16.6. The third-order valence-electron chi connectivity index (χ3n) is 2.65. The number of aromatic nitrogens is 2. The molecular weight excluding hydrogens is 258 g/mol. The van der Waals surface area contributed by atoms with Gasteiger partial charge in [-0.25, -0.2) is 9.78 Å². The fraction of sp³-hybridized carbons (Fsp3) is 0.357. The van der Waals surface area contributed by atoms with E-state index in [1.165, 1.54) is 4.57 Å². The van der Waals surface area contributed by atoms with Crippen LogP contribution in [-0.4, -0.2) is 32.2 Å². The maximum absolute atomic E-state index is 12.1. The summed E-state index contributed by atoms with van der Waals surface area (Å²) in [5.41, 5.74) is 1.70. The van der Waals surface area contributed by atoms with Gasteiger partial charge in [0.1, 0.15) is 11.3 Å². The van der Waals surface area contributed by atoms with Gasteiger partial charge in [-0.3, -0.25) is 4.57 Å². The van der Waals surface area contributed by atoms with E-state index in [-0.39, 0.29) is 0 Å². The fourth-order valence-corrected chi connectivity index (χ4v) is 1.74. The molecule has 2 heterocycles. The van der Waals surface area contributed by atoms with Gasteiger partial charge < -0.3 is 9.94 Å². The average Bonchev–Trinajstić information content (AvgIpc) is 2.78. The number of oxime groups is 1. The van der Waals surface area contributed by atoms with Crippen molar-refractivity contribution in [2.45, 2.75) is 33.3 Å². The number of ether oxygens (including phenoxy) is 1. The molecular formula is C14H17N3O3. The molecule has 0 aliphatic rings. The molecule has 2 aromatic heterocycles. The Bertz CT molecular complexity index is 681. The van der Waals surface area contributed by atoms with Crippen LogP contribution in [0, 0.1) is 0 Å².